The van der Waals surface area contributed by atoms with Crippen LogP contribution in [0.4, 0.5) is 0 Å². The molecule has 2 spiro atoms. The van der Waals surface area contributed by atoms with E-state index >= 15 is 0 Å². The standard InChI is InChI=1S/C51H72O13/c1-11-49(44-30(3)26-38(58-44)41-29(2)25-31(4)51(62-41)28-57-47(63-51)36-17-19-37(55-9)20-18-36)22-21-40(60-49)48(8)23-24-50(64-48)27-39(59-46(54)35-15-13-12-14-16-35)32(5)43(61-50)33(6)42(56-10)34(7)45(52)53/h12-20,29-34,38-44,47H,11,21-28H2,1-10H3,(H,52,53)/t29-,30-,31+,32+,33-,34-,38-,39-,40+,41-,42+,43-,44+,47-,48+,49-,50+,51+/m0/s1. The minimum absolute atomic E-state index is 0.128. The zero-order chi connectivity index (χ0) is 45.8. The molecule has 18 atom stereocenters. The van der Waals surface area contributed by atoms with Gasteiger partial charge in [-0.25, -0.2) is 4.79 Å². The number of carbonyl (C=O) groups excluding carboxylic acids is 1. The van der Waals surface area contributed by atoms with Gasteiger partial charge in [0.25, 0.3) is 0 Å². The summed E-state index contributed by atoms with van der Waals surface area (Å²) in [5.41, 5.74) is 0.152. The Bertz CT molecular complexity index is 1930. The molecule has 6 heterocycles. The van der Waals surface area contributed by atoms with E-state index in [1.807, 2.05) is 56.3 Å². The molecule has 0 bridgehead atoms. The summed E-state index contributed by atoms with van der Waals surface area (Å²) in [5.74, 6) is -3.37. The number of esters is 1. The molecule has 1 N–H and O–H groups in total. The van der Waals surface area contributed by atoms with Crippen LogP contribution in [0.2, 0.25) is 0 Å². The molecule has 2 aromatic carbocycles. The summed E-state index contributed by atoms with van der Waals surface area (Å²) < 4.78 is 66.3. The van der Waals surface area contributed by atoms with Crippen molar-refractivity contribution in [2.45, 2.75) is 179 Å². The first-order valence-corrected chi connectivity index (χ1v) is 23.8. The number of ether oxygens (including phenoxy) is 10. The van der Waals surface area contributed by atoms with E-state index in [1.54, 1.807) is 26.2 Å². The quantitative estimate of drug-likeness (QED) is 0.191. The fourth-order valence-electron chi connectivity index (χ4n) is 12.3. The van der Waals surface area contributed by atoms with Crippen molar-refractivity contribution in [3.8, 4) is 5.75 Å². The van der Waals surface area contributed by atoms with Crippen LogP contribution in [0.5, 0.6) is 5.75 Å². The van der Waals surface area contributed by atoms with Crippen molar-refractivity contribution in [2.24, 2.45) is 35.5 Å². The van der Waals surface area contributed by atoms with E-state index in [1.165, 1.54) is 7.11 Å². The first-order chi connectivity index (χ1) is 30.5. The van der Waals surface area contributed by atoms with Gasteiger partial charge in [-0.15, -0.1) is 0 Å². The Labute approximate surface area is 379 Å². The van der Waals surface area contributed by atoms with Crippen molar-refractivity contribution >= 4 is 11.9 Å². The highest BCUT2D eigenvalue weighted by Gasteiger charge is 2.63. The summed E-state index contributed by atoms with van der Waals surface area (Å²) >= 11 is 0. The Morgan fingerprint density at radius 2 is 1.62 bits per heavy atom. The van der Waals surface area contributed by atoms with Crippen LogP contribution >= 0.6 is 0 Å². The molecular formula is C51H72O13. The molecule has 0 radical (unpaired) electrons. The van der Waals surface area contributed by atoms with Gasteiger partial charge in [0.2, 0.25) is 0 Å². The zero-order valence-electron chi connectivity index (χ0n) is 39.5. The molecule has 6 aliphatic rings. The Morgan fingerprint density at radius 1 is 0.891 bits per heavy atom. The van der Waals surface area contributed by atoms with Gasteiger partial charge in [-0.3, -0.25) is 4.79 Å². The fraction of sp³-hybridized carbons (Fsp3) is 0.725. The molecule has 8 rings (SSSR count). The summed E-state index contributed by atoms with van der Waals surface area (Å²) in [7, 11) is 3.19. The number of carbonyl (C=O) groups is 2. The first-order valence-electron chi connectivity index (χ1n) is 23.8. The molecule has 13 nitrogen and oxygen atoms in total. The number of benzene rings is 2. The van der Waals surface area contributed by atoms with Crippen molar-refractivity contribution in [3.63, 3.8) is 0 Å². The third-order valence-electron chi connectivity index (χ3n) is 16.2. The lowest BCUT2D eigenvalue weighted by atomic mass is 9.78. The van der Waals surface area contributed by atoms with Crippen molar-refractivity contribution in [2.75, 3.05) is 20.8 Å². The van der Waals surface area contributed by atoms with Gasteiger partial charge in [0.1, 0.15) is 18.5 Å². The lowest BCUT2D eigenvalue weighted by Crippen LogP contribution is -2.57. The minimum Gasteiger partial charge on any atom is -0.497 e. The molecule has 354 valence electrons. The van der Waals surface area contributed by atoms with E-state index in [4.69, 9.17) is 47.4 Å². The molecule has 0 aromatic heterocycles. The number of hydrogen-bond acceptors (Lipinski definition) is 12. The normalized spacial score (nSPS) is 42.4. The van der Waals surface area contributed by atoms with Crippen LogP contribution in [-0.4, -0.2) is 103 Å². The predicted octanol–water partition coefficient (Wildman–Crippen LogP) is 8.91. The van der Waals surface area contributed by atoms with E-state index in [-0.39, 0.29) is 54.0 Å². The van der Waals surface area contributed by atoms with Crippen LogP contribution in [0.25, 0.3) is 0 Å². The predicted molar refractivity (Wildman–Crippen MR) is 235 cm³/mol. The Morgan fingerprint density at radius 3 is 2.30 bits per heavy atom. The number of hydrogen-bond donors (Lipinski definition) is 1. The number of aliphatic carboxylic acids is 1. The van der Waals surface area contributed by atoms with Crippen LogP contribution in [0, 0.1) is 35.5 Å². The molecule has 0 amide bonds. The van der Waals surface area contributed by atoms with Crippen molar-refractivity contribution in [3.05, 3.63) is 65.7 Å². The second-order valence-electron chi connectivity index (χ2n) is 20.4. The highest BCUT2D eigenvalue weighted by Crippen LogP contribution is 2.56. The molecule has 0 saturated carbocycles. The SMILES string of the molecule is CC[C@@]1([C@@H]2O[C@H]([C@H]3O[C@@]4(CO[C@H](c5ccc(OC)cc5)O4)[C@H](C)C[C@@H]3C)C[C@@H]2C)CC[C@H]([C@@]2(C)CC[C@]3(C[C@H](OC(=O)c4ccccc4)[C@@H](C)[C@@H]([C@@H](C)[C@@H](OC)[C@H](C)C(=O)O)O3)O2)O1. The molecule has 0 unspecified atom stereocenters. The molecule has 2 aromatic rings. The topological polar surface area (TPSA) is 147 Å². The number of carboxylic acid groups (broad SMARTS) is 1. The van der Waals surface area contributed by atoms with Gasteiger partial charge < -0.3 is 52.5 Å². The number of carboxylic acids is 1. The first kappa shape index (κ1) is 47.4. The summed E-state index contributed by atoms with van der Waals surface area (Å²) in [4.78, 5) is 25.8. The summed E-state index contributed by atoms with van der Waals surface area (Å²) in [6.45, 7) is 17.0. The van der Waals surface area contributed by atoms with Gasteiger partial charge in [0, 0.05) is 43.3 Å². The van der Waals surface area contributed by atoms with Gasteiger partial charge in [-0.2, -0.15) is 0 Å². The summed E-state index contributed by atoms with van der Waals surface area (Å²) in [5, 5.41) is 9.99. The maximum absolute atomic E-state index is 13.6. The third kappa shape index (κ3) is 8.77. The average Bonchev–Trinajstić information content (AvgIpc) is 4.10. The van der Waals surface area contributed by atoms with Crippen LogP contribution in [0.3, 0.4) is 0 Å². The smallest absolute Gasteiger partial charge is 0.338 e. The molecule has 64 heavy (non-hydrogen) atoms. The Balaban J connectivity index is 0.972. The summed E-state index contributed by atoms with van der Waals surface area (Å²) in [6, 6.07) is 16.8. The van der Waals surface area contributed by atoms with Gasteiger partial charge in [-0.1, -0.05) is 71.9 Å². The van der Waals surface area contributed by atoms with Crippen LogP contribution < -0.4 is 4.74 Å². The maximum Gasteiger partial charge on any atom is 0.338 e. The van der Waals surface area contributed by atoms with E-state index in [0.717, 1.165) is 43.4 Å². The number of methoxy groups -OCH3 is 2. The van der Waals surface area contributed by atoms with E-state index in [9.17, 15) is 14.7 Å². The van der Waals surface area contributed by atoms with Crippen LogP contribution in [0.1, 0.15) is 129 Å². The second kappa shape index (κ2) is 18.5. The highest BCUT2D eigenvalue weighted by molar-refractivity contribution is 5.89. The average molecular weight is 893 g/mol. The monoisotopic (exact) mass is 892 g/mol. The Hall–Kier alpha value is -3.14. The molecule has 6 fully saturated rings. The van der Waals surface area contributed by atoms with Crippen LogP contribution in [0.15, 0.2) is 54.6 Å². The molecular weight excluding hydrogens is 821 g/mol. The zero-order valence-corrected chi connectivity index (χ0v) is 39.5. The largest absolute Gasteiger partial charge is 0.497 e. The van der Waals surface area contributed by atoms with E-state index in [2.05, 4.69) is 34.6 Å². The highest BCUT2D eigenvalue weighted by atomic mass is 16.8. The van der Waals surface area contributed by atoms with Crippen molar-refractivity contribution in [1.82, 2.24) is 0 Å². The van der Waals surface area contributed by atoms with Gasteiger partial charge in [0.15, 0.2) is 17.9 Å². The lowest BCUT2D eigenvalue weighted by Gasteiger charge is -2.49. The second-order valence-corrected chi connectivity index (χ2v) is 20.4. The molecule has 13 heteroatoms. The number of rotatable bonds is 13. The van der Waals surface area contributed by atoms with Gasteiger partial charge in [0.05, 0.1) is 66.4 Å². The fourth-order valence-corrected chi connectivity index (χ4v) is 12.3. The van der Waals surface area contributed by atoms with E-state index < -0.39 is 65.2 Å². The molecule has 0 aliphatic carbocycles. The minimum atomic E-state index is -1.09. The van der Waals surface area contributed by atoms with Gasteiger partial charge in [-0.05, 0) is 88.5 Å². The lowest BCUT2D eigenvalue weighted by molar-refractivity contribution is -0.335. The van der Waals surface area contributed by atoms with Gasteiger partial charge >= 0.3 is 11.9 Å². The van der Waals surface area contributed by atoms with Crippen LogP contribution in [-0.2, 0) is 47.4 Å². The third-order valence-corrected chi connectivity index (χ3v) is 16.2. The van der Waals surface area contributed by atoms with Crippen molar-refractivity contribution in [1.29, 1.82) is 0 Å². The Kier molecular flexibility index (Phi) is 13.7. The van der Waals surface area contributed by atoms with Crippen molar-refractivity contribution < 1.29 is 62.1 Å². The van der Waals surface area contributed by atoms with E-state index in [0.29, 0.717) is 31.4 Å². The summed E-state index contributed by atoms with van der Waals surface area (Å²) in [6.07, 6.45) is 2.77. The molecule has 6 aliphatic heterocycles. The molecule has 6 saturated heterocycles. The maximum atomic E-state index is 13.6.